The lowest BCUT2D eigenvalue weighted by Crippen LogP contribution is -2.44. The molecule has 0 bridgehead atoms. The molecule has 2 unspecified atom stereocenters. The van der Waals surface area contributed by atoms with Gasteiger partial charge in [-0.2, -0.15) is 0 Å². The summed E-state index contributed by atoms with van der Waals surface area (Å²) in [6.45, 7) is 6.69. The molecule has 0 saturated heterocycles. The summed E-state index contributed by atoms with van der Waals surface area (Å²) in [5.74, 6) is 0.0169. The Labute approximate surface area is 116 Å². The molecule has 0 saturated carbocycles. The first-order valence-electron chi connectivity index (χ1n) is 6.81. The number of amides is 1. The minimum absolute atomic E-state index is 0.0169. The number of nitrogens with one attached hydrogen (secondary N) is 1. The maximum Gasteiger partial charge on any atom is 0.241 e. The molecular formula is C15H25N3O. The van der Waals surface area contributed by atoms with E-state index in [0.29, 0.717) is 12.6 Å². The summed E-state index contributed by atoms with van der Waals surface area (Å²) in [4.78, 5) is 14.2. The standard InChI is InChI=1S/C15H25N3O/c1-5-11(2)18(4)12(3)15(19)17-14-8-6-13(10-16)7-9-14/h6-9,11-12H,5,10,16H2,1-4H3,(H,17,19). The van der Waals surface area contributed by atoms with Gasteiger partial charge in [-0.15, -0.1) is 0 Å². The molecule has 0 fully saturated rings. The van der Waals surface area contributed by atoms with E-state index in [4.69, 9.17) is 5.73 Å². The van der Waals surface area contributed by atoms with Crippen molar-refractivity contribution in [3.8, 4) is 0 Å². The summed E-state index contributed by atoms with van der Waals surface area (Å²) in [6.07, 6.45) is 1.03. The molecule has 1 rings (SSSR count). The molecule has 0 aliphatic rings. The molecule has 19 heavy (non-hydrogen) atoms. The van der Waals surface area contributed by atoms with Gasteiger partial charge in [0.15, 0.2) is 0 Å². The summed E-state index contributed by atoms with van der Waals surface area (Å²) in [6, 6.07) is 7.87. The topological polar surface area (TPSA) is 58.4 Å². The third kappa shape index (κ3) is 4.33. The van der Waals surface area contributed by atoms with Gasteiger partial charge in [0.05, 0.1) is 6.04 Å². The molecule has 1 aromatic rings. The largest absolute Gasteiger partial charge is 0.326 e. The van der Waals surface area contributed by atoms with Crippen LogP contribution < -0.4 is 11.1 Å². The van der Waals surface area contributed by atoms with Crippen LogP contribution in [0.15, 0.2) is 24.3 Å². The van der Waals surface area contributed by atoms with E-state index in [1.54, 1.807) is 0 Å². The van der Waals surface area contributed by atoms with Crippen LogP contribution in [0.4, 0.5) is 5.69 Å². The summed E-state index contributed by atoms with van der Waals surface area (Å²) in [7, 11) is 1.98. The van der Waals surface area contributed by atoms with Crippen molar-refractivity contribution in [1.29, 1.82) is 0 Å². The van der Waals surface area contributed by atoms with Crippen LogP contribution in [-0.4, -0.2) is 29.9 Å². The second-order valence-electron chi connectivity index (χ2n) is 4.99. The highest BCUT2D eigenvalue weighted by atomic mass is 16.2. The molecule has 0 aliphatic carbocycles. The number of carbonyl (C=O) groups is 1. The Bertz CT molecular complexity index is 402. The minimum atomic E-state index is -0.149. The zero-order chi connectivity index (χ0) is 14.4. The van der Waals surface area contributed by atoms with Crippen molar-refractivity contribution in [1.82, 2.24) is 4.90 Å². The van der Waals surface area contributed by atoms with E-state index in [2.05, 4.69) is 24.1 Å². The molecule has 3 N–H and O–H groups in total. The van der Waals surface area contributed by atoms with Crippen LogP contribution in [0.2, 0.25) is 0 Å². The third-order valence-corrected chi connectivity index (χ3v) is 3.73. The Morgan fingerprint density at radius 3 is 2.37 bits per heavy atom. The van der Waals surface area contributed by atoms with Gasteiger partial charge in [-0.1, -0.05) is 19.1 Å². The third-order valence-electron chi connectivity index (χ3n) is 3.73. The van der Waals surface area contributed by atoms with Crippen LogP contribution in [0.3, 0.4) is 0 Å². The fourth-order valence-electron chi connectivity index (χ4n) is 1.83. The van der Waals surface area contributed by atoms with E-state index < -0.39 is 0 Å². The van der Waals surface area contributed by atoms with Crippen LogP contribution in [0, 0.1) is 0 Å². The summed E-state index contributed by atoms with van der Waals surface area (Å²) < 4.78 is 0. The van der Waals surface area contributed by atoms with E-state index in [1.807, 2.05) is 38.2 Å². The van der Waals surface area contributed by atoms with E-state index >= 15 is 0 Å². The molecule has 1 aromatic carbocycles. The Morgan fingerprint density at radius 2 is 1.89 bits per heavy atom. The first kappa shape index (κ1) is 15.7. The zero-order valence-electron chi connectivity index (χ0n) is 12.3. The highest BCUT2D eigenvalue weighted by Gasteiger charge is 2.21. The normalized spacial score (nSPS) is 14.2. The van der Waals surface area contributed by atoms with Crippen LogP contribution in [0.1, 0.15) is 32.8 Å². The molecule has 0 aliphatic heterocycles. The van der Waals surface area contributed by atoms with Crippen LogP contribution in [0.25, 0.3) is 0 Å². The second-order valence-corrected chi connectivity index (χ2v) is 4.99. The number of carbonyl (C=O) groups excluding carboxylic acids is 1. The first-order chi connectivity index (χ1) is 8.99. The fraction of sp³-hybridized carbons (Fsp3) is 0.533. The first-order valence-corrected chi connectivity index (χ1v) is 6.81. The van der Waals surface area contributed by atoms with Crippen molar-refractivity contribution in [2.75, 3.05) is 12.4 Å². The molecule has 4 nitrogen and oxygen atoms in total. The highest BCUT2D eigenvalue weighted by Crippen LogP contribution is 2.12. The van der Waals surface area contributed by atoms with Gasteiger partial charge in [0, 0.05) is 18.3 Å². The molecular weight excluding hydrogens is 238 g/mol. The maximum atomic E-state index is 12.2. The number of hydrogen-bond donors (Lipinski definition) is 2. The molecule has 0 heterocycles. The van der Waals surface area contributed by atoms with Gasteiger partial charge in [-0.25, -0.2) is 0 Å². The molecule has 106 valence electrons. The lowest BCUT2D eigenvalue weighted by atomic mass is 10.1. The van der Waals surface area contributed by atoms with Gasteiger partial charge >= 0.3 is 0 Å². The molecule has 0 spiro atoms. The average molecular weight is 263 g/mol. The van der Waals surface area contributed by atoms with Crippen LogP contribution >= 0.6 is 0 Å². The number of likely N-dealkylation sites (N-methyl/N-ethyl adjacent to an activating group) is 1. The molecule has 2 atom stereocenters. The second kappa shape index (κ2) is 7.26. The molecule has 1 amide bonds. The molecule has 0 radical (unpaired) electrons. The fourth-order valence-corrected chi connectivity index (χ4v) is 1.83. The van der Waals surface area contributed by atoms with Gasteiger partial charge in [-0.3, -0.25) is 9.69 Å². The van der Waals surface area contributed by atoms with Gasteiger partial charge in [0.2, 0.25) is 5.91 Å². The molecule has 0 aromatic heterocycles. The number of nitrogens with zero attached hydrogens (tertiary/aromatic N) is 1. The van der Waals surface area contributed by atoms with E-state index in [0.717, 1.165) is 17.7 Å². The van der Waals surface area contributed by atoms with Crippen molar-refractivity contribution in [2.24, 2.45) is 5.73 Å². The lowest BCUT2D eigenvalue weighted by Gasteiger charge is -2.29. The Morgan fingerprint density at radius 1 is 1.32 bits per heavy atom. The predicted octanol–water partition coefficient (Wildman–Crippen LogP) is 2.20. The lowest BCUT2D eigenvalue weighted by molar-refractivity contribution is -0.121. The maximum absolute atomic E-state index is 12.2. The predicted molar refractivity (Wildman–Crippen MR) is 79.9 cm³/mol. The summed E-state index contributed by atoms with van der Waals surface area (Å²) in [5, 5.41) is 2.93. The van der Waals surface area contributed by atoms with E-state index in [-0.39, 0.29) is 11.9 Å². The summed E-state index contributed by atoms with van der Waals surface area (Å²) in [5.41, 5.74) is 7.41. The van der Waals surface area contributed by atoms with Crippen molar-refractivity contribution in [3.05, 3.63) is 29.8 Å². The van der Waals surface area contributed by atoms with E-state index in [1.165, 1.54) is 0 Å². The van der Waals surface area contributed by atoms with Gasteiger partial charge in [0.25, 0.3) is 0 Å². The Balaban J connectivity index is 2.62. The minimum Gasteiger partial charge on any atom is -0.326 e. The SMILES string of the molecule is CCC(C)N(C)C(C)C(=O)Nc1ccc(CN)cc1. The molecule has 4 heteroatoms. The zero-order valence-corrected chi connectivity index (χ0v) is 12.3. The van der Waals surface area contributed by atoms with Crippen molar-refractivity contribution < 1.29 is 4.79 Å². The van der Waals surface area contributed by atoms with Gasteiger partial charge in [-0.05, 0) is 45.0 Å². The Hall–Kier alpha value is -1.39. The van der Waals surface area contributed by atoms with Gasteiger partial charge < -0.3 is 11.1 Å². The van der Waals surface area contributed by atoms with Gasteiger partial charge in [0.1, 0.15) is 0 Å². The van der Waals surface area contributed by atoms with Crippen molar-refractivity contribution in [3.63, 3.8) is 0 Å². The number of anilines is 1. The van der Waals surface area contributed by atoms with Crippen molar-refractivity contribution in [2.45, 2.75) is 45.8 Å². The van der Waals surface area contributed by atoms with Crippen LogP contribution in [0.5, 0.6) is 0 Å². The number of hydrogen-bond acceptors (Lipinski definition) is 3. The average Bonchev–Trinajstić information content (AvgIpc) is 2.45. The number of benzene rings is 1. The highest BCUT2D eigenvalue weighted by molar-refractivity contribution is 5.94. The smallest absolute Gasteiger partial charge is 0.241 e. The van der Waals surface area contributed by atoms with Crippen molar-refractivity contribution >= 4 is 11.6 Å². The number of rotatable bonds is 6. The summed E-state index contributed by atoms with van der Waals surface area (Å²) >= 11 is 0. The van der Waals surface area contributed by atoms with Crippen LogP contribution in [-0.2, 0) is 11.3 Å². The number of nitrogens with two attached hydrogens (primary N) is 1. The Kier molecular flexibility index (Phi) is 5.99. The monoisotopic (exact) mass is 263 g/mol. The quantitative estimate of drug-likeness (QED) is 0.827. The van der Waals surface area contributed by atoms with E-state index in [9.17, 15) is 4.79 Å².